The second kappa shape index (κ2) is 4.23. The summed E-state index contributed by atoms with van der Waals surface area (Å²) in [6.45, 7) is 1.11. The Bertz CT molecular complexity index is 607. The average Bonchev–Trinajstić information content (AvgIpc) is 3.11. The molecule has 4 rings (SSSR count). The number of benzene rings is 1. The van der Waals surface area contributed by atoms with Gasteiger partial charge >= 0.3 is 0 Å². The van der Waals surface area contributed by atoms with Gasteiger partial charge in [-0.15, -0.1) is 0 Å². The van der Waals surface area contributed by atoms with E-state index in [2.05, 4.69) is 10.3 Å². The number of hydrogen-bond acceptors (Lipinski definition) is 4. The van der Waals surface area contributed by atoms with E-state index in [9.17, 15) is 0 Å². The van der Waals surface area contributed by atoms with Gasteiger partial charge in [0.1, 0.15) is 11.3 Å². The summed E-state index contributed by atoms with van der Waals surface area (Å²) < 4.78 is 11.2. The van der Waals surface area contributed by atoms with Crippen LogP contribution in [0, 0.1) is 11.8 Å². The molecule has 0 bridgehead atoms. The average molecular weight is 258 g/mol. The van der Waals surface area contributed by atoms with Crippen LogP contribution < -0.4 is 10.1 Å². The molecule has 4 nitrogen and oxygen atoms in total. The predicted molar refractivity (Wildman–Crippen MR) is 72.1 cm³/mol. The number of ether oxygens (including phenoxy) is 1. The Morgan fingerprint density at radius 2 is 2.32 bits per heavy atom. The summed E-state index contributed by atoms with van der Waals surface area (Å²) in [5.74, 6) is 3.19. The molecule has 3 unspecified atom stereocenters. The normalized spacial score (nSPS) is 29.8. The number of hydrogen-bond donors (Lipinski definition) is 1. The van der Waals surface area contributed by atoms with E-state index in [1.54, 1.807) is 7.11 Å². The Morgan fingerprint density at radius 3 is 3.21 bits per heavy atom. The summed E-state index contributed by atoms with van der Waals surface area (Å²) in [5, 5.41) is 3.58. The van der Waals surface area contributed by atoms with Gasteiger partial charge in [0.25, 0.3) is 0 Å². The van der Waals surface area contributed by atoms with Crippen LogP contribution in [0.3, 0.4) is 0 Å². The summed E-state index contributed by atoms with van der Waals surface area (Å²) >= 11 is 0. The van der Waals surface area contributed by atoms with E-state index in [4.69, 9.17) is 9.15 Å². The maximum atomic E-state index is 5.93. The van der Waals surface area contributed by atoms with Crippen LogP contribution in [0.25, 0.3) is 11.1 Å². The lowest BCUT2D eigenvalue weighted by Crippen LogP contribution is -2.17. The number of rotatable bonds is 2. The van der Waals surface area contributed by atoms with Gasteiger partial charge in [0.2, 0.25) is 5.89 Å². The Hall–Kier alpha value is -1.55. The van der Waals surface area contributed by atoms with Crippen LogP contribution in [-0.4, -0.2) is 18.6 Å². The first-order chi connectivity index (χ1) is 9.35. The summed E-state index contributed by atoms with van der Waals surface area (Å²) in [5.41, 5.74) is 1.73. The molecular formula is C15H18N2O2. The highest BCUT2D eigenvalue weighted by molar-refractivity contribution is 5.74. The largest absolute Gasteiger partial charge is 0.497 e. The van der Waals surface area contributed by atoms with Crippen molar-refractivity contribution < 1.29 is 9.15 Å². The van der Waals surface area contributed by atoms with Crippen LogP contribution in [0.2, 0.25) is 0 Å². The minimum absolute atomic E-state index is 0.297. The topological polar surface area (TPSA) is 47.3 Å². The molecule has 1 aromatic carbocycles. The van der Waals surface area contributed by atoms with Crippen molar-refractivity contribution in [2.45, 2.75) is 25.3 Å². The van der Waals surface area contributed by atoms with Crippen molar-refractivity contribution in [2.24, 2.45) is 11.8 Å². The monoisotopic (exact) mass is 258 g/mol. The van der Waals surface area contributed by atoms with Gasteiger partial charge in [-0.25, -0.2) is 4.98 Å². The molecule has 0 radical (unpaired) electrons. The van der Waals surface area contributed by atoms with E-state index < -0.39 is 0 Å². The molecule has 2 fully saturated rings. The third-order valence-corrected chi connectivity index (χ3v) is 4.62. The first-order valence-corrected chi connectivity index (χ1v) is 7.03. The molecule has 1 N–H and O–H groups in total. The van der Waals surface area contributed by atoms with E-state index in [1.165, 1.54) is 19.3 Å². The van der Waals surface area contributed by atoms with E-state index in [1.807, 2.05) is 18.2 Å². The highest BCUT2D eigenvalue weighted by atomic mass is 16.5. The fourth-order valence-electron chi connectivity index (χ4n) is 3.64. The molecule has 100 valence electrons. The van der Waals surface area contributed by atoms with Crippen LogP contribution >= 0.6 is 0 Å². The first-order valence-electron chi connectivity index (χ1n) is 7.03. The van der Waals surface area contributed by atoms with E-state index >= 15 is 0 Å². The van der Waals surface area contributed by atoms with Crippen molar-refractivity contribution in [3.8, 4) is 5.75 Å². The van der Waals surface area contributed by atoms with Crippen molar-refractivity contribution in [1.82, 2.24) is 10.3 Å². The predicted octanol–water partition coefficient (Wildman–Crippen LogP) is 2.90. The molecule has 19 heavy (non-hydrogen) atoms. The smallest absolute Gasteiger partial charge is 0.212 e. The molecule has 1 aromatic heterocycles. The van der Waals surface area contributed by atoms with Crippen LogP contribution in [-0.2, 0) is 0 Å². The fourth-order valence-corrected chi connectivity index (χ4v) is 3.64. The molecule has 3 atom stereocenters. The fraction of sp³-hybridized carbons (Fsp3) is 0.533. The standard InChI is InChI=1S/C15H18N2O2/c1-18-10-5-6-13-12(7-10)17-15(19-13)14-11-4-2-3-9(11)8-16-14/h5-7,9,11,14,16H,2-4,8H2,1H3. The second-order valence-corrected chi connectivity index (χ2v) is 5.63. The quantitative estimate of drug-likeness (QED) is 0.899. The zero-order valence-corrected chi connectivity index (χ0v) is 11.1. The third-order valence-electron chi connectivity index (χ3n) is 4.62. The maximum absolute atomic E-state index is 5.93. The van der Waals surface area contributed by atoms with Crippen LogP contribution in [0.1, 0.15) is 31.2 Å². The summed E-state index contributed by atoms with van der Waals surface area (Å²) in [6.07, 6.45) is 3.99. The molecule has 1 saturated carbocycles. The maximum Gasteiger partial charge on any atom is 0.212 e. The molecule has 2 heterocycles. The molecule has 2 aliphatic rings. The van der Waals surface area contributed by atoms with Gasteiger partial charge < -0.3 is 14.5 Å². The lowest BCUT2D eigenvalue weighted by atomic mass is 9.94. The highest BCUT2D eigenvalue weighted by Gasteiger charge is 2.41. The van der Waals surface area contributed by atoms with Crippen molar-refractivity contribution >= 4 is 11.1 Å². The van der Waals surface area contributed by atoms with Gasteiger partial charge in [-0.3, -0.25) is 0 Å². The summed E-state index contributed by atoms with van der Waals surface area (Å²) in [7, 11) is 1.67. The van der Waals surface area contributed by atoms with Gasteiger partial charge in [-0.1, -0.05) is 6.42 Å². The molecule has 4 heteroatoms. The van der Waals surface area contributed by atoms with Crippen molar-refractivity contribution in [2.75, 3.05) is 13.7 Å². The van der Waals surface area contributed by atoms with E-state index in [0.717, 1.165) is 35.2 Å². The molecule has 2 aromatic rings. The van der Waals surface area contributed by atoms with Gasteiger partial charge in [-0.2, -0.15) is 0 Å². The van der Waals surface area contributed by atoms with E-state index in [-0.39, 0.29) is 0 Å². The minimum Gasteiger partial charge on any atom is -0.497 e. The number of fused-ring (bicyclic) bond motifs is 2. The Morgan fingerprint density at radius 1 is 1.37 bits per heavy atom. The second-order valence-electron chi connectivity index (χ2n) is 5.63. The van der Waals surface area contributed by atoms with Crippen molar-refractivity contribution in [3.63, 3.8) is 0 Å². The van der Waals surface area contributed by atoms with Crippen molar-refractivity contribution in [1.29, 1.82) is 0 Å². The minimum atomic E-state index is 0.297. The van der Waals surface area contributed by atoms with Gasteiger partial charge in [0.15, 0.2) is 5.58 Å². The van der Waals surface area contributed by atoms with E-state index in [0.29, 0.717) is 12.0 Å². The molecule has 1 saturated heterocycles. The zero-order valence-electron chi connectivity index (χ0n) is 11.1. The third kappa shape index (κ3) is 1.74. The lowest BCUT2D eigenvalue weighted by Gasteiger charge is -2.13. The number of methoxy groups -OCH3 is 1. The van der Waals surface area contributed by atoms with Crippen LogP contribution in [0.4, 0.5) is 0 Å². The van der Waals surface area contributed by atoms with Crippen LogP contribution in [0.5, 0.6) is 5.75 Å². The number of oxazole rings is 1. The first kappa shape index (κ1) is 11.3. The Balaban J connectivity index is 1.71. The number of nitrogens with one attached hydrogen (secondary N) is 1. The van der Waals surface area contributed by atoms with Crippen LogP contribution in [0.15, 0.2) is 22.6 Å². The van der Waals surface area contributed by atoms with Crippen molar-refractivity contribution in [3.05, 3.63) is 24.1 Å². The number of aromatic nitrogens is 1. The lowest BCUT2D eigenvalue weighted by molar-refractivity contribution is 0.356. The Kier molecular flexibility index (Phi) is 2.52. The molecule has 0 spiro atoms. The molecule has 1 aliphatic carbocycles. The SMILES string of the molecule is COc1ccc2oc(C3NCC4CCCC43)nc2c1. The summed E-state index contributed by atoms with van der Waals surface area (Å²) in [6, 6.07) is 6.08. The van der Waals surface area contributed by atoms with Gasteiger partial charge in [0, 0.05) is 6.07 Å². The van der Waals surface area contributed by atoms with Gasteiger partial charge in [0.05, 0.1) is 13.2 Å². The summed E-state index contributed by atoms with van der Waals surface area (Å²) in [4.78, 5) is 4.65. The highest BCUT2D eigenvalue weighted by Crippen LogP contribution is 2.44. The molecular weight excluding hydrogens is 240 g/mol. The molecule has 1 aliphatic heterocycles. The Labute approximate surface area is 112 Å². The van der Waals surface area contributed by atoms with Gasteiger partial charge in [-0.05, 0) is 43.4 Å². The molecule has 0 amide bonds. The zero-order chi connectivity index (χ0) is 12.8. The number of nitrogens with zero attached hydrogens (tertiary/aromatic N) is 1.